The molecule has 0 aromatic heterocycles. The van der Waals surface area contributed by atoms with E-state index in [2.05, 4.69) is 45.0 Å². The van der Waals surface area contributed by atoms with E-state index in [0.29, 0.717) is 12.1 Å². The Morgan fingerprint density at radius 2 is 1.57 bits per heavy atom. The minimum atomic E-state index is -0.291. The molecule has 1 amide bonds. The van der Waals surface area contributed by atoms with Crippen molar-refractivity contribution in [2.45, 2.75) is 44.9 Å². The zero-order valence-corrected chi connectivity index (χ0v) is 14.2. The van der Waals surface area contributed by atoms with Crippen LogP contribution in [0.4, 0.5) is 5.69 Å². The molecule has 0 spiro atoms. The third kappa shape index (κ3) is 4.59. The number of carbonyl (C=O) groups is 1. The summed E-state index contributed by atoms with van der Waals surface area (Å²) in [5.41, 5.74) is 15.6. The number of primary amides is 1. The summed E-state index contributed by atoms with van der Waals surface area (Å²) >= 11 is 0. The highest BCUT2D eigenvalue weighted by Crippen LogP contribution is 2.25. The fraction of sp³-hybridized carbons (Fsp3) is 0.350. The third-order valence-corrected chi connectivity index (χ3v) is 4.22. The molecule has 0 aliphatic carbocycles. The largest absolute Gasteiger partial charge is 0.399 e. The molecule has 1 unspecified atom stereocenters. The normalized spacial score (nSPS) is 12.8. The molecule has 2 aromatic carbocycles. The van der Waals surface area contributed by atoms with Crippen molar-refractivity contribution >= 4 is 11.6 Å². The standard InChI is InChI=1S/C20H26N2O/c1-20(2,3)16-9-4-14(5-10-16)6-13-18(19(22)23)15-7-11-17(21)12-8-15/h4-5,7-12,18H,6,13,21H2,1-3H3,(H2,22,23). The van der Waals surface area contributed by atoms with Crippen molar-refractivity contribution in [3.05, 3.63) is 65.2 Å². The summed E-state index contributed by atoms with van der Waals surface area (Å²) in [5.74, 6) is -0.570. The number of benzene rings is 2. The molecule has 2 aromatic rings. The van der Waals surface area contributed by atoms with Gasteiger partial charge in [0.05, 0.1) is 5.92 Å². The van der Waals surface area contributed by atoms with Crippen LogP contribution in [0, 0.1) is 0 Å². The van der Waals surface area contributed by atoms with Crippen molar-refractivity contribution in [2.24, 2.45) is 5.73 Å². The summed E-state index contributed by atoms with van der Waals surface area (Å²) < 4.78 is 0. The Bertz CT molecular complexity index is 652. The first-order valence-corrected chi connectivity index (χ1v) is 8.01. The lowest BCUT2D eigenvalue weighted by atomic mass is 9.86. The zero-order valence-electron chi connectivity index (χ0n) is 14.2. The molecule has 0 aliphatic heterocycles. The summed E-state index contributed by atoms with van der Waals surface area (Å²) in [6, 6.07) is 16.0. The van der Waals surface area contributed by atoms with Gasteiger partial charge in [-0.05, 0) is 47.1 Å². The van der Waals surface area contributed by atoms with Crippen LogP contribution in [0.1, 0.15) is 49.8 Å². The van der Waals surface area contributed by atoms with Gasteiger partial charge in [0.25, 0.3) is 0 Å². The predicted molar refractivity (Wildman–Crippen MR) is 96.3 cm³/mol. The van der Waals surface area contributed by atoms with E-state index in [1.807, 2.05) is 24.3 Å². The molecule has 0 fully saturated rings. The van der Waals surface area contributed by atoms with E-state index in [9.17, 15) is 4.79 Å². The lowest BCUT2D eigenvalue weighted by Crippen LogP contribution is -2.22. The first-order chi connectivity index (χ1) is 10.8. The van der Waals surface area contributed by atoms with E-state index in [1.165, 1.54) is 11.1 Å². The molecular weight excluding hydrogens is 284 g/mol. The number of hydrogen-bond acceptors (Lipinski definition) is 2. The van der Waals surface area contributed by atoms with Crippen LogP contribution in [0.2, 0.25) is 0 Å². The van der Waals surface area contributed by atoms with Gasteiger partial charge in [-0.2, -0.15) is 0 Å². The summed E-state index contributed by atoms with van der Waals surface area (Å²) in [5, 5.41) is 0. The number of carbonyl (C=O) groups excluding carboxylic acids is 1. The predicted octanol–water partition coefficient (Wildman–Crippen LogP) is 3.77. The Hall–Kier alpha value is -2.29. The van der Waals surface area contributed by atoms with E-state index in [0.717, 1.165) is 12.0 Å². The second kappa shape index (κ2) is 6.86. The van der Waals surface area contributed by atoms with Crippen molar-refractivity contribution in [1.82, 2.24) is 0 Å². The van der Waals surface area contributed by atoms with Gasteiger partial charge in [-0.15, -0.1) is 0 Å². The van der Waals surface area contributed by atoms with Crippen molar-refractivity contribution in [3.8, 4) is 0 Å². The lowest BCUT2D eigenvalue weighted by Gasteiger charge is -2.19. The Balaban J connectivity index is 2.07. The van der Waals surface area contributed by atoms with Crippen LogP contribution in [0.5, 0.6) is 0 Å². The summed E-state index contributed by atoms with van der Waals surface area (Å²) in [4.78, 5) is 11.8. The third-order valence-electron chi connectivity index (χ3n) is 4.22. The molecule has 122 valence electrons. The first-order valence-electron chi connectivity index (χ1n) is 8.01. The van der Waals surface area contributed by atoms with E-state index in [4.69, 9.17) is 11.5 Å². The fourth-order valence-electron chi connectivity index (χ4n) is 2.68. The van der Waals surface area contributed by atoms with Gasteiger partial charge in [0.1, 0.15) is 0 Å². The SMILES string of the molecule is CC(C)(C)c1ccc(CCC(C(N)=O)c2ccc(N)cc2)cc1. The van der Waals surface area contributed by atoms with Crippen molar-refractivity contribution in [3.63, 3.8) is 0 Å². The molecule has 3 heteroatoms. The van der Waals surface area contributed by atoms with Crippen molar-refractivity contribution in [2.75, 3.05) is 5.73 Å². The Labute approximate surface area is 138 Å². The topological polar surface area (TPSA) is 69.1 Å². The maximum Gasteiger partial charge on any atom is 0.224 e. The fourth-order valence-corrected chi connectivity index (χ4v) is 2.68. The van der Waals surface area contributed by atoms with E-state index in [-0.39, 0.29) is 17.2 Å². The second-order valence-corrected chi connectivity index (χ2v) is 7.11. The van der Waals surface area contributed by atoms with Crippen LogP contribution in [0.15, 0.2) is 48.5 Å². The number of nitrogens with two attached hydrogens (primary N) is 2. The van der Waals surface area contributed by atoms with Gasteiger partial charge in [0, 0.05) is 5.69 Å². The Morgan fingerprint density at radius 3 is 2.04 bits per heavy atom. The summed E-state index contributed by atoms with van der Waals surface area (Å²) in [7, 11) is 0. The molecule has 3 nitrogen and oxygen atoms in total. The zero-order chi connectivity index (χ0) is 17.0. The van der Waals surface area contributed by atoms with Gasteiger partial charge in [0.15, 0.2) is 0 Å². The van der Waals surface area contributed by atoms with Gasteiger partial charge in [-0.25, -0.2) is 0 Å². The number of anilines is 1. The lowest BCUT2D eigenvalue weighted by molar-refractivity contribution is -0.119. The molecule has 0 bridgehead atoms. The smallest absolute Gasteiger partial charge is 0.224 e. The Morgan fingerprint density at radius 1 is 1.00 bits per heavy atom. The van der Waals surface area contributed by atoms with Gasteiger partial charge < -0.3 is 11.5 Å². The van der Waals surface area contributed by atoms with Crippen LogP contribution < -0.4 is 11.5 Å². The number of amides is 1. The molecule has 0 aliphatic rings. The van der Waals surface area contributed by atoms with Crippen LogP contribution >= 0.6 is 0 Å². The van der Waals surface area contributed by atoms with Crippen molar-refractivity contribution in [1.29, 1.82) is 0 Å². The highest BCUT2D eigenvalue weighted by Gasteiger charge is 2.18. The van der Waals surface area contributed by atoms with Gasteiger partial charge in [-0.1, -0.05) is 57.2 Å². The van der Waals surface area contributed by atoms with Gasteiger partial charge in [0.2, 0.25) is 5.91 Å². The molecule has 0 saturated heterocycles. The number of nitrogen functional groups attached to an aromatic ring is 1. The summed E-state index contributed by atoms with van der Waals surface area (Å²) in [6.45, 7) is 6.60. The average molecular weight is 310 g/mol. The van der Waals surface area contributed by atoms with Gasteiger partial charge in [-0.3, -0.25) is 4.79 Å². The van der Waals surface area contributed by atoms with E-state index < -0.39 is 0 Å². The van der Waals surface area contributed by atoms with E-state index >= 15 is 0 Å². The molecule has 4 N–H and O–H groups in total. The minimum Gasteiger partial charge on any atom is -0.399 e. The number of aryl methyl sites for hydroxylation is 1. The minimum absolute atomic E-state index is 0.151. The Kier molecular flexibility index (Phi) is 5.09. The first kappa shape index (κ1) is 17.1. The highest BCUT2D eigenvalue weighted by atomic mass is 16.1. The quantitative estimate of drug-likeness (QED) is 0.825. The van der Waals surface area contributed by atoms with E-state index in [1.54, 1.807) is 0 Å². The number of rotatable bonds is 5. The molecule has 0 saturated carbocycles. The molecule has 1 atom stereocenters. The second-order valence-electron chi connectivity index (χ2n) is 7.11. The maximum atomic E-state index is 11.8. The molecular formula is C20H26N2O. The monoisotopic (exact) mass is 310 g/mol. The molecule has 0 heterocycles. The number of hydrogen-bond donors (Lipinski definition) is 2. The molecule has 0 radical (unpaired) electrons. The van der Waals surface area contributed by atoms with Crippen LogP contribution in [0.25, 0.3) is 0 Å². The van der Waals surface area contributed by atoms with Crippen LogP contribution in [0.3, 0.4) is 0 Å². The van der Waals surface area contributed by atoms with Crippen LogP contribution in [-0.4, -0.2) is 5.91 Å². The maximum absolute atomic E-state index is 11.8. The highest BCUT2D eigenvalue weighted by molar-refractivity contribution is 5.82. The average Bonchev–Trinajstić information content (AvgIpc) is 2.48. The van der Waals surface area contributed by atoms with Crippen molar-refractivity contribution < 1.29 is 4.79 Å². The summed E-state index contributed by atoms with van der Waals surface area (Å²) in [6.07, 6.45) is 1.52. The molecule has 2 rings (SSSR count). The molecule has 23 heavy (non-hydrogen) atoms. The van der Waals surface area contributed by atoms with Gasteiger partial charge >= 0.3 is 0 Å². The van der Waals surface area contributed by atoms with Crippen LogP contribution in [-0.2, 0) is 16.6 Å².